The van der Waals surface area contributed by atoms with Crippen molar-refractivity contribution in [3.8, 4) is 5.75 Å². The highest BCUT2D eigenvalue weighted by atomic mass is 16.5. The summed E-state index contributed by atoms with van der Waals surface area (Å²) in [6.45, 7) is 5.65. The molecule has 6 nitrogen and oxygen atoms in total. The first kappa shape index (κ1) is 21.3. The summed E-state index contributed by atoms with van der Waals surface area (Å²) < 4.78 is 10.8. The Morgan fingerprint density at radius 2 is 2.00 bits per heavy atom. The van der Waals surface area contributed by atoms with Crippen LogP contribution in [0.15, 0.2) is 33.5 Å². The molecule has 1 aromatic heterocycles. The van der Waals surface area contributed by atoms with Gasteiger partial charge in [0.05, 0.1) is 5.56 Å². The Bertz CT molecular complexity index is 894. The summed E-state index contributed by atoms with van der Waals surface area (Å²) in [6, 6.07) is 7.37. The van der Waals surface area contributed by atoms with Crippen LogP contribution in [0.5, 0.6) is 5.75 Å². The number of rotatable bonds is 8. The topological polar surface area (TPSA) is 66.2 Å². The second kappa shape index (κ2) is 9.94. The van der Waals surface area contributed by atoms with Crippen molar-refractivity contribution in [1.29, 1.82) is 0 Å². The predicted molar refractivity (Wildman–Crippen MR) is 118 cm³/mol. The standard InChI is InChI=1S/C24H34N2O4/c1-29-15-5-12-25(16-19-6-4-14-26-13-3-2-7-21(19)26)17-20-22(27)10-8-18-9-11-23(28)30-24(18)20/h8-11,19,21,27H,2-7,12-17H2,1H3. The number of fused-ring (bicyclic) bond motifs is 2. The molecule has 2 aromatic rings. The first-order valence-corrected chi connectivity index (χ1v) is 11.4. The third-order valence-electron chi connectivity index (χ3n) is 6.79. The van der Waals surface area contributed by atoms with E-state index < -0.39 is 0 Å². The van der Waals surface area contributed by atoms with Gasteiger partial charge in [0.1, 0.15) is 11.3 Å². The van der Waals surface area contributed by atoms with Crippen LogP contribution in [0.3, 0.4) is 0 Å². The molecule has 0 saturated carbocycles. The van der Waals surface area contributed by atoms with E-state index in [-0.39, 0.29) is 11.4 Å². The fourth-order valence-corrected chi connectivity index (χ4v) is 5.35. The highest BCUT2D eigenvalue weighted by Crippen LogP contribution is 2.33. The minimum absolute atomic E-state index is 0.191. The van der Waals surface area contributed by atoms with Crippen molar-refractivity contribution in [2.45, 2.75) is 51.1 Å². The van der Waals surface area contributed by atoms with Crippen LogP contribution in [-0.4, -0.2) is 60.8 Å². The van der Waals surface area contributed by atoms with Crippen molar-refractivity contribution in [2.24, 2.45) is 5.92 Å². The lowest BCUT2D eigenvalue weighted by molar-refractivity contribution is 0.0372. The molecule has 2 fully saturated rings. The number of aromatic hydroxyl groups is 1. The Morgan fingerprint density at radius 1 is 1.17 bits per heavy atom. The van der Waals surface area contributed by atoms with Crippen molar-refractivity contribution < 1.29 is 14.3 Å². The molecule has 2 atom stereocenters. The van der Waals surface area contributed by atoms with Gasteiger partial charge in [0.2, 0.25) is 0 Å². The zero-order valence-electron chi connectivity index (χ0n) is 18.0. The first-order chi connectivity index (χ1) is 14.7. The fourth-order valence-electron chi connectivity index (χ4n) is 5.35. The Kier molecular flexibility index (Phi) is 7.08. The van der Waals surface area contributed by atoms with Crippen molar-refractivity contribution in [3.05, 3.63) is 40.2 Å². The van der Waals surface area contributed by atoms with Crippen molar-refractivity contribution in [1.82, 2.24) is 9.80 Å². The molecule has 1 aromatic carbocycles. The number of phenols is 1. The molecule has 4 rings (SSSR count). The van der Waals surface area contributed by atoms with E-state index in [9.17, 15) is 9.90 Å². The molecule has 2 saturated heterocycles. The molecule has 0 radical (unpaired) electrons. The Hall–Kier alpha value is -1.89. The molecule has 0 spiro atoms. The van der Waals surface area contributed by atoms with Crippen LogP contribution in [0, 0.1) is 5.92 Å². The number of ether oxygens (including phenoxy) is 1. The van der Waals surface area contributed by atoms with E-state index in [0.29, 0.717) is 36.3 Å². The molecule has 2 aliphatic rings. The van der Waals surface area contributed by atoms with E-state index in [1.165, 1.54) is 51.3 Å². The van der Waals surface area contributed by atoms with Crippen LogP contribution in [0.1, 0.15) is 44.1 Å². The second-order valence-corrected chi connectivity index (χ2v) is 8.82. The van der Waals surface area contributed by atoms with Crippen molar-refractivity contribution >= 4 is 11.0 Å². The van der Waals surface area contributed by atoms with Gasteiger partial charge in [-0.2, -0.15) is 0 Å². The highest BCUT2D eigenvalue weighted by Gasteiger charge is 2.34. The summed E-state index contributed by atoms with van der Waals surface area (Å²) in [5.41, 5.74) is 0.825. The van der Waals surface area contributed by atoms with Crippen LogP contribution in [0.2, 0.25) is 0 Å². The number of benzene rings is 1. The van der Waals surface area contributed by atoms with E-state index in [4.69, 9.17) is 9.15 Å². The maximum absolute atomic E-state index is 11.8. The third kappa shape index (κ3) is 4.88. The van der Waals surface area contributed by atoms with E-state index >= 15 is 0 Å². The zero-order chi connectivity index (χ0) is 20.9. The van der Waals surface area contributed by atoms with Gasteiger partial charge in [-0.1, -0.05) is 6.42 Å². The van der Waals surface area contributed by atoms with E-state index in [1.807, 2.05) is 0 Å². The minimum Gasteiger partial charge on any atom is -0.507 e. The molecule has 3 heterocycles. The van der Waals surface area contributed by atoms with E-state index in [1.54, 1.807) is 25.3 Å². The van der Waals surface area contributed by atoms with Crippen LogP contribution < -0.4 is 5.63 Å². The maximum Gasteiger partial charge on any atom is 0.336 e. The fraction of sp³-hybridized carbons (Fsp3) is 0.625. The smallest absolute Gasteiger partial charge is 0.336 e. The maximum atomic E-state index is 11.8. The van der Waals surface area contributed by atoms with E-state index in [0.717, 1.165) is 24.9 Å². The SMILES string of the molecule is COCCCN(Cc1c(O)ccc2ccc(=O)oc12)CC1CCCN2CCCCC12. The number of piperidine rings is 2. The minimum atomic E-state index is -0.384. The molecule has 2 aliphatic heterocycles. The van der Waals surface area contributed by atoms with Crippen LogP contribution in [0.25, 0.3) is 11.0 Å². The molecular formula is C24H34N2O4. The lowest BCUT2D eigenvalue weighted by Gasteiger charge is -2.45. The summed E-state index contributed by atoms with van der Waals surface area (Å²) in [4.78, 5) is 16.9. The quantitative estimate of drug-likeness (QED) is 0.526. The summed E-state index contributed by atoms with van der Waals surface area (Å²) >= 11 is 0. The monoisotopic (exact) mass is 414 g/mol. The van der Waals surface area contributed by atoms with Crippen molar-refractivity contribution in [3.63, 3.8) is 0 Å². The number of methoxy groups -OCH3 is 1. The van der Waals surface area contributed by atoms with Crippen molar-refractivity contribution in [2.75, 3.05) is 39.9 Å². The molecule has 164 valence electrons. The summed E-state index contributed by atoms with van der Waals surface area (Å²) in [7, 11) is 1.73. The Labute approximate surface area is 178 Å². The largest absolute Gasteiger partial charge is 0.507 e. The van der Waals surface area contributed by atoms with Gasteiger partial charge in [-0.05, 0) is 69.3 Å². The Balaban J connectivity index is 1.57. The summed E-state index contributed by atoms with van der Waals surface area (Å²) in [6.07, 6.45) is 7.42. The molecule has 0 bridgehead atoms. The molecule has 0 aliphatic carbocycles. The second-order valence-electron chi connectivity index (χ2n) is 8.82. The lowest BCUT2D eigenvalue weighted by atomic mass is 9.83. The lowest BCUT2D eigenvalue weighted by Crippen LogP contribution is -2.51. The summed E-state index contributed by atoms with van der Waals surface area (Å²) in [5.74, 6) is 0.835. The molecule has 2 unspecified atom stereocenters. The summed E-state index contributed by atoms with van der Waals surface area (Å²) in [5, 5.41) is 11.4. The highest BCUT2D eigenvalue weighted by molar-refractivity contribution is 5.81. The van der Waals surface area contributed by atoms with Gasteiger partial charge in [-0.3, -0.25) is 4.90 Å². The van der Waals surface area contributed by atoms with Gasteiger partial charge in [0.15, 0.2) is 0 Å². The molecule has 0 amide bonds. The van der Waals surface area contributed by atoms with Gasteiger partial charge in [-0.15, -0.1) is 0 Å². The van der Waals surface area contributed by atoms with Gasteiger partial charge >= 0.3 is 5.63 Å². The third-order valence-corrected chi connectivity index (χ3v) is 6.79. The van der Waals surface area contributed by atoms with Gasteiger partial charge in [0, 0.05) is 50.8 Å². The number of hydrogen-bond acceptors (Lipinski definition) is 6. The number of phenolic OH excluding ortho intramolecular Hbond substituents is 1. The molecule has 30 heavy (non-hydrogen) atoms. The number of hydrogen-bond donors (Lipinski definition) is 1. The predicted octanol–water partition coefficient (Wildman–Crippen LogP) is 3.60. The molecule has 1 N–H and O–H groups in total. The average molecular weight is 415 g/mol. The van der Waals surface area contributed by atoms with Crippen LogP contribution >= 0.6 is 0 Å². The first-order valence-electron chi connectivity index (χ1n) is 11.4. The normalized spacial score (nSPS) is 22.5. The zero-order valence-corrected chi connectivity index (χ0v) is 18.0. The van der Waals surface area contributed by atoms with Crippen LogP contribution in [0.4, 0.5) is 0 Å². The van der Waals surface area contributed by atoms with Gasteiger partial charge < -0.3 is 19.2 Å². The van der Waals surface area contributed by atoms with Gasteiger partial charge in [-0.25, -0.2) is 4.79 Å². The van der Waals surface area contributed by atoms with E-state index in [2.05, 4.69) is 9.80 Å². The van der Waals surface area contributed by atoms with Crippen LogP contribution in [-0.2, 0) is 11.3 Å². The average Bonchev–Trinajstić information content (AvgIpc) is 2.76. The molecular weight excluding hydrogens is 380 g/mol. The number of nitrogens with zero attached hydrogens (tertiary/aromatic N) is 2. The molecule has 6 heteroatoms. The Morgan fingerprint density at radius 3 is 2.87 bits per heavy atom. The van der Waals surface area contributed by atoms with Gasteiger partial charge in [0.25, 0.3) is 0 Å².